The van der Waals surface area contributed by atoms with E-state index in [1.807, 2.05) is 0 Å². The molecule has 1 aromatic carbocycles. The average Bonchev–Trinajstić information content (AvgIpc) is 3.17. The van der Waals surface area contributed by atoms with Crippen molar-refractivity contribution in [2.24, 2.45) is 0 Å². The fraction of sp³-hybridized carbons (Fsp3) is 0.412. The van der Waals surface area contributed by atoms with Crippen LogP contribution in [0.2, 0.25) is 0 Å². The summed E-state index contributed by atoms with van der Waals surface area (Å²) in [7, 11) is 0. The van der Waals surface area contributed by atoms with Crippen LogP contribution in [-0.2, 0) is 11.3 Å². The van der Waals surface area contributed by atoms with Gasteiger partial charge in [-0.05, 0) is 30.5 Å². The number of halogens is 1. The monoisotopic (exact) mass is 317 g/mol. The first kappa shape index (κ1) is 15.7. The predicted octanol–water partition coefficient (Wildman–Crippen LogP) is 2.32. The van der Waals surface area contributed by atoms with Gasteiger partial charge in [-0.1, -0.05) is 18.9 Å². The number of imidazole rings is 1. The highest BCUT2D eigenvalue weighted by atomic mass is 19.1. The Kier molecular flexibility index (Phi) is 4.43. The van der Waals surface area contributed by atoms with Crippen LogP contribution in [0.25, 0.3) is 5.69 Å². The molecule has 0 atom stereocenters. The lowest BCUT2D eigenvalue weighted by molar-refractivity contribution is -0.126. The number of aliphatic hydroxyl groups is 1. The van der Waals surface area contributed by atoms with E-state index in [1.54, 1.807) is 29.1 Å². The first-order chi connectivity index (χ1) is 11.1. The van der Waals surface area contributed by atoms with E-state index in [9.17, 15) is 14.3 Å². The van der Waals surface area contributed by atoms with Crippen molar-refractivity contribution < 1.29 is 14.3 Å². The largest absolute Gasteiger partial charge is 0.389 e. The van der Waals surface area contributed by atoms with Crippen LogP contribution in [0.4, 0.5) is 4.39 Å². The zero-order chi connectivity index (χ0) is 16.3. The van der Waals surface area contributed by atoms with Gasteiger partial charge in [0.1, 0.15) is 5.82 Å². The number of aromatic nitrogens is 2. The second-order valence-electron chi connectivity index (χ2n) is 6.14. The van der Waals surface area contributed by atoms with Crippen LogP contribution >= 0.6 is 0 Å². The molecule has 3 rings (SSSR count). The molecule has 1 aromatic heterocycles. The maximum Gasteiger partial charge on any atom is 0.223 e. The summed E-state index contributed by atoms with van der Waals surface area (Å²) < 4.78 is 15.7. The Bertz CT molecular complexity index is 679. The molecule has 1 aliphatic rings. The molecule has 1 heterocycles. The summed E-state index contributed by atoms with van der Waals surface area (Å²) in [6.45, 7) is 0.246. The minimum Gasteiger partial charge on any atom is -0.389 e. The molecule has 0 bridgehead atoms. The zero-order valence-electron chi connectivity index (χ0n) is 12.8. The second kappa shape index (κ2) is 6.50. The molecule has 0 spiro atoms. The average molecular weight is 317 g/mol. The lowest BCUT2D eigenvalue weighted by Gasteiger charge is -2.21. The van der Waals surface area contributed by atoms with Crippen molar-refractivity contribution >= 4 is 5.91 Å². The van der Waals surface area contributed by atoms with Gasteiger partial charge in [0.2, 0.25) is 5.91 Å². The number of carbonyl (C=O) groups is 1. The van der Waals surface area contributed by atoms with Gasteiger partial charge in [-0.25, -0.2) is 9.37 Å². The van der Waals surface area contributed by atoms with Crippen molar-refractivity contribution in [3.63, 3.8) is 0 Å². The quantitative estimate of drug-likeness (QED) is 0.889. The smallest absolute Gasteiger partial charge is 0.223 e. The summed E-state index contributed by atoms with van der Waals surface area (Å²) in [6, 6.07) is 4.83. The Morgan fingerprint density at radius 1 is 1.39 bits per heavy atom. The van der Waals surface area contributed by atoms with E-state index in [0.29, 0.717) is 24.1 Å². The Morgan fingerprint density at radius 2 is 2.17 bits per heavy atom. The van der Waals surface area contributed by atoms with Gasteiger partial charge in [-0.2, -0.15) is 0 Å². The van der Waals surface area contributed by atoms with Crippen molar-refractivity contribution in [3.05, 3.63) is 48.3 Å². The SMILES string of the molecule is O=C(CC1(O)CCCC1)NCc1ccc(-n2ccnc2)c(F)c1. The number of carbonyl (C=O) groups excluding carboxylic acids is 1. The first-order valence-electron chi connectivity index (χ1n) is 7.82. The van der Waals surface area contributed by atoms with Crippen molar-refractivity contribution in [1.29, 1.82) is 0 Å². The van der Waals surface area contributed by atoms with Crippen LogP contribution in [0.1, 0.15) is 37.7 Å². The highest BCUT2D eigenvalue weighted by Gasteiger charge is 2.33. The van der Waals surface area contributed by atoms with Gasteiger partial charge >= 0.3 is 0 Å². The van der Waals surface area contributed by atoms with Gasteiger partial charge < -0.3 is 15.0 Å². The fourth-order valence-electron chi connectivity index (χ4n) is 3.04. The van der Waals surface area contributed by atoms with Crippen LogP contribution in [0, 0.1) is 5.82 Å². The molecule has 1 saturated carbocycles. The van der Waals surface area contributed by atoms with E-state index in [4.69, 9.17) is 0 Å². The molecule has 0 saturated heterocycles. The van der Waals surface area contributed by atoms with E-state index in [2.05, 4.69) is 10.3 Å². The number of hydrogen-bond acceptors (Lipinski definition) is 3. The van der Waals surface area contributed by atoms with E-state index in [0.717, 1.165) is 12.8 Å². The molecule has 1 aliphatic carbocycles. The molecule has 2 N–H and O–H groups in total. The summed E-state index contributed by atoms with van der Waals surface area (Å²) >= 11 is 0. The minimum absolute atomic E-state index is 0.114. The third kappa shape index (κ3) is 3.76. The van der Waals surface area contributed by atoms with Gasteiger partial charge in [-0.3, -0.25) is 4.79 Å². The Balaban J connectivity index is 1.58. The molecule has 6 heteroatoms. The number of nitrogens with zero attached hydrogens (tertiary/aromatic N) is 2. The van der Waals surface area contributed by atoms with Gasteiger partial charge in [0.25, 0.3) is 0 Å². The standard InChI is InChI=1S/C17H20FN3O2/c18-14-9-13(3-4-15(14)21-8-7-19-12-21)11-20-16(22)10-17(23)5-1-2-6-17/h3-4,7-9,12,23H,1-2,5-6,10-11H2,(H,20,22). The molecule has 2 aromatic rings. The summed E-state index contributed by atoms with van der Waals surface area (Å²) in [5.41, 5.74) is 0.233. The molecule has 122 valence electrons. The van der Waals surface area contributed by atoms with Crippen molar-refractivity contribution in [3.8, 4) is 5.69 Å². The maximum absolute atomic E-state index is 14.1. The molecule has 1 amide bonds. The first-order valence-corrected chi connectivity index (χ1v) is 7.82. The predicted molar refractivity (Wildman–Crippen MR) is 83.4 cm³/mol. The third-order valence-corrected chi connectivity index (χ3v) is 4.31. The zero-order valence-corrected chi connectivity index (χ0v) is 12.8. The lowest BCUT2D eigenvalue weighted by atomic mass is 9.97. The molecular formula is C17H20FN3O2. The molecule has 0 radical (unpaired) electrons. The summed E-state index contributed by atoms with van der Waals surface area (Å²) in [5, 5.41) is 13.0. The number of amides is 1. The molecule has 1 fully saturated rings. The van der Waals surface area contributed by atoms with Crippen LogP contribution in [0.5, 0.6) is 0 Å². The third-order valence-electron chi connectivity index (χ3n) is 4.31. The lowest BCUT2D eigenvalue weighted by Crippen LogP contribution is -2.34. The van der Waals surface area contributed by atoms with Crippen LogP contribution in [0.3, 0.4) is 0 Å². The van der Waals surface area contributed by atoms with E-state index in [-0.39, 0.29) is 24.7 Å². The number of benzene rings is 1. The van der Waals surface area contributed by atoms with Crippen molar-refractivity contribution in [2.75, 3.05) is 0 Å². The highest BCUT2D eigenvalue weighted by molar-refractivity contribution is 5.77. The van der Waals surface area contributed by atoms with Crippen LogP contribution in [0.15, 0.2) is 36.9 Å². The number of rotatable bonds is 5. The summed E-state index contributed by atoms with van der Waals surface area (Å²) in [5.74, 6) is -0.572. The van der Waals surface area contributed by atoms with Gasteiger partial charge in [-0.15, -0.1) is 0 Å². The maximum atomic E-state index is 14.1. The fourth-order valence-corrected chi connectivity index (χ4v) is 3.04. The van der Waals surface area contributed by atoms with Gasteiger partial charge in [0, 0.05) is 18.9 Å². The highest BCUT2D eigenvalue weighted by Crippen LogP contribution is 2.32. The van der Waals surface area contributed by atoms with Crippen LogP contribution in [-0.4, -0.2) is 26.2 Å². The molecule has 0 aliphatic heterocycles. The minimum atomic E-state index is -0.861. The number of hydrogen-bond donors (Lipinski definition) is 2. The molecular weight excluding hydrogens is 297 g/mol. The van der Waals surface area contributed by atoms with E-state index >= 15 is 0 Å². The Hall–Kier alpha value is -2.21. The summed E-state index contributed by atoms with van der Waals surface area (Å²) in [4.78, 5) is 15.8. The molecule has 23 heavy (non-hydrogen) atoms. The van der Waals surface area contributed by atoms with Crippen molar-refractivity contribution in [2.45, 2.75) is 44.2 Å². The number of nitrogens with one attached hydrogen (secondary N) is 1. The van der Waals surface area contributed by atoms with Gasteiger partial charge in [0.05, 0.1) is 24.0 Å². The summed E-state index contributed by atoms with van der Waals surface area (Å²) in [6.07, 6.45) is 8.17. The van der Waals surface area contributed by atoms with Crippen molar-refractivity contribution in [1.82, 2.24) is 14.9 Å². The van der Waals surface area contributed by atoms with E-state index < -0.39 is 5.60 Å². The Labute approximate surface area is 134 Å². The van der Waals surface area contributed by atoms with Crippen LogP contribution < -0.4 is 5.32 Å². The normalized spacial score (nSPS) is 16.4. The second-order valence-corrected chi connectivity index (χ2v) is 6.14. The van der Waals surface area contributed by atoms with Gasteiger partial charge in [0.15, 0.2) is 0 Å². The topological polar surface area (TPSA) is 67.2 Å². The Morgan fingerprint density at radius 3 is 2.83 bits per heavy atom. The molecule has 0 unspecified atom stereocenters. The molecule has 5 nitrogen and oxygen atoms in total. The van der Waals surface area contributed by atoms with E-state index in [1.165, 1.54) is 12.4 Å².